The van der Waals surface area contributed by atoms with Crippen molar-refractivity contribution < 1.29 is 18.7 Å². The minimum atomic E-state index is -0.708. The van der Waals surface area contributed by atoms with Crippen molar-refractivity contribution in [3.63, 3.8) is 0 Å². The van der Waals surface area contributed by atoms with Crippen molar-refractivity contribution in [2.75, 3.05) is 18.2 Å². The average molecular weight is 425 g/mol. The van der Waals surface area contributed by atoms with Crippen LogP contribution < -0.4 is 10.6 Å². The molecule has 11 heteroatoms. The summed E-state index contributed by atoms with van der Waals surface area (Å²) in [5.41, 5.74) is 7.63. The summed E-state index contributed by atoms with van der Waals surface area (Å²) in [7, 11) is 1.67. The van der Waals surface area contributed by atoms with Crippen molar-refractivity contribution in [1.82, 2.24) is 25.2 Å². The number of ether oxygens (including phenoxy) is 2. The van der Waals surface area contributed by atoms with Gasteiger partial charge in [-0.05, 0) is 36.4 Å². The first-order valence-corrected chi connectivity index (χ1v) is 9.43. The fourth-order valence-corrected chi connectivity index (χ4v) is 2.89. The number of hydrogen-bond donors (Lipinski definition) is 1. The van der Waals surface area contributed by atoms with E-state index in [1.807, 2.05) is 0 Å². The number of tetrazole rings is 1. The summed E-state index contributed by atoms with van der Waals surface area (Å²) in [6.45, 7) is 1.69. The molecule has 0 aliphatic carbocycles. The van der Waals surface area contributed by atoms with E-state index in [0.29, 0.717) is 34.1 Å². The van der Waals surface area contributed by atoms with Crippen LogP contribution in [0.15, 0.2) is 48.5 Å². The van der Waals surface area contributed by atoms with Gasteiger partial charge in [0.1, 0.15) is 24.2 Å². The molecule has 0 fully saturated rings. The molecule has 1 aliphatic heterocycles. The fraction of sp³-hybridized carbons (Fsp3) is 0.250. The van der Waals surface area contributed by atoms with Crippen molar-refractivity contribution in [3.05, 3.63) is 54.3 Å². The summed E-state index contributed by atoms with van der Waals surface area (Å²) in [5, 5.41) is 11.8. The van der Waals surface area contributed by atoms with E-state index in [9.17, 15) is 9.18 Å². The number of pyridine rings is 1. The van der Waals surface area contributed by atoms with Crippen LogP contribution in [0.4, 0.5) is 10.1 Å². The molecule has 3 heterocycles. The van der Waals surface area contributed by atoms with E-state index in [-0.39, 0.29) is 13.3 Å². The third-order valence-corrected chi connectivity index (χ3v) is 4.51. The molecular formula is C20H20FN7O3. The van der Waals surface area contributed by atoms with Crippen molar-refractivity contribution in [1.29, 1.82) is 0 Å². The molecule has 0 radical (unpaired) electrons. The summed E-state index contributed by atoms with van der Waals surface area (Å²) in [5.74, 6) is -0.0769. The van der Waals surface area contributed by atoms with Crippen LogP contribution in [0.5, 0.6) is 0 Å². The van der Waals surface area contributed by atoms with Gasteiger partial charge >= 0.3 is 5.97 Å². The molecule has 3 aromatic rings. The number of carbonyl (C=O) groups is 1. The van der Waals surface area contributed by atoms with Gasteiger partial charge in [0.2, 0.25) is 5.82 Å². The molecule has 1 aromatic carbocycles. The van der Waals surface area contributed by atoms with Crippen LogP contribution in [0.2, 0.25) is 0 Å². The molecular weight excluding hydrogens is 405 g/mol. The minimum Gasteiger partial charge on any atom is -0.472 e. The van der Waals surface area contributed by atoms with E-state index < -0.39 is 17.8 Å². The standard InChI is InChI=1S/C20H20FN7O3/c1-12(22)20(29)30-10-15-9-28(11-31-15)14-4-5-16(17(21)7-14)13-3-6-18(23-8-13)19-24-26-27(2)25-19/h3-9,12H,10-11,22H2,1-2H3/t12-/m1/s1. The Hall–Kier alpha value is -3.86. The van der Waals surface area contributed by atoms with E-state index >= 15 is 0 Å². The molecule has 0 bridgehead atoms. The van der Waals surface area contributed by atoms with E-state index in [1.165, 1.54) is 10.9 Å². The van der Waals surface area contributed by atoms with Gasteiger partial charge in [-0.15, -0.1) is 10.2 Å². The number of nitrogens with zero attached hydrogens (tertiary/aromatic N) is 6. The number of hydrogen-bond acceptors (Lipinski definition) is 9. The van der Waals surface area contributed by atoms with E-state index in [1.54, 1.807) is 55.5 Å². The highest BCUT2D eigenvalue weighted by molar-refractivity contribution is 5.75. The molecule has 2 N–H and O–H groups in total. The lowest BCUT2D eigenvalue weighted by molar-refractivity contribution is -0.144. The van der Waals surface area contributed by atoms with Gasteiger partial charge in [0.15, 0.2) is 12.5 Å². The highest BCUT2D eigenvalue weighted by Gasteiger charge is 2.19. The third kappa shape index (κ3) is 4.51. The molecule has 0 spiro atoms. The predicted molar refractivity (Wildman–Crippen MR) is 109 cm³/mol. The number of carbonyl (C=O) groups excluding carboxylic acids is 1. The summed E-state index contributed by atoms with van der Waals surface area (Å²) < 4.78 is 25.3. The Morgan fingerprint density at radius 3 is 2.84 bits per heavy atom. The maximum absolute atomic E-state index is 14.8. The SMILES string of the molecule is C[C@@H](N)C(=O)OCC1=CN(c2ccc(-c3ccc(-c4nnn(C)n4)nc3)c(F)c2)CO1. The van der Waals surface area contributed by atoms with E-state index in [4.69, 9.17) is 15.2 Å². The second kappa shape index (κ2) is 8.48. The second-order valence-corrected chi connectivity index (χ2v) is 6.93. The minimum absolute atomic E-state index is 0.0316. The topological polar surface area (TPSA) is 121 Å². The number of aromatic nitrogens is 5. The van der Waals surface area contributed by atoms with Crippen molar-refractivity contribution in [2.45, 2.75) is 13.0 Å². The monoisotopic (exact) mass is 425 g/mol. The predicted octanol–water partition coefficient (Wildman–Crippen LogP) is 1.60. The van der Waals surface area contributed by atoms with Gasteiger partial charge in [-0.25, -0.2) is 4.39 Å². The Labute approximate surface area is 177 Å². The van der Waals surface area contributed by atoms with Crippen molar-refractivity contribution in [2.24, 2.45) is 12.8 Å². The summed E-state index contributed by atoms with van der Waals surface area (Å²) in [6.07, 6.45) is 3.22. The van der Waals surface area contributed by atoms with Gasteiger partial charge in [0, 0.05) is 29.2 Å². The summed E-state index contributed by atoms with van der Waals surface area (Å²) in [4.78, 5) is 18.8. The van der Waals surface area contributed by atoms with Crippen LogP contribution in [-0.2, 0) is 21.3 Å². The van der Waals surface area contributed by atoms with Crippen LogP contribution in [-0.4, -0.2) is 50.5 Å². The largest absolute Gasteiger partial charge is 0.472 e. The van der Waals surface area contributed by atoms with Gasteiger partial charge in [0.25, 0.3) is 0 Å². The Morgan fingerprint density at radius 1 is 1.35 bits per heavy atom. The molecule has 2 aromatic heterocycles. The Kier molecular flexibility index (Phi) is 5.58. The second-order valence-electron chi connectivity index (χ2n) is 6.93. The third-order valence-electron chi connectivity index (χ3n) is 4.51. The average Bonchev–Trinajstić information content (AvgIpc) is 3.41. The van der Waals surface area contributed by atoms with Crippen LogP contribution in [0.3, 0.4) is 0 Å². The fourth-order valence-electron chi connectivity index (χ4n) is 2.89. The Morgan fingerprint density at radius 2 is 2.19 bits per heavy atom. The molecule has 31 heavy (non-hydrogen) atoms. The zero-order chi connectivity index (χ0) is 22.0. The molecule has 1 atom stereocenters. The van der Waals surface area contributed by atoms with Crippen LogP contribution >= 0.6 is 0 Å². The lowest BCUT2D eigenvalue weighted by Crippen LogP contribution is -2.29. The van der Waals surface area contributed by atoms with Crippen LogP contribution in [0.1, 0.15) is 6.92 Å². The molecule has 0 saturated carbocycles. The van der Waals surface area contributed by atoms with Crippen molar-refractivity contribution >= 4 is 11.7 Å². The molecule has 0 unspecified atom stereocenters. The normalized spacial score (nSPS) is 14.2. The lowest BCUT2D eigenvalue weighted by atomic mass is 10.1. The number of benzene rings is 1. The van der Waals surface area contributed by atoms with Gasteiger partial charge < -0.3 is 20.1 Å². The van der Waals surface area contributed by atoms with Gasteiger partial charge in [-0.1, -0.05) is 6.07 Å². The van der Waals surface area contributed by atoms with E-state index in [2.05, 4.69) is 20.4 Å². The first-order chi connectivity index (χ1) is 14.9. The highest BCUT2D eigenvalue weighted by Crippen LogP contribution is 2.29. The zero-order valence-corrected chi connectivity index (χ0v) is 16.9. The molecule has 4 rings (SSSR count). The highest BCUT2D eigenvalue weighted by atomic mass is 19.1. The Bertz CT molecular complexity index is 1130. The lowest BCUT2D eigenvalue weighted by Gasteiger charge is -2.14. The van der Waals surface area contributed by atoms with Gasteiger partial charge in [-0.3, -0.25) is 9.78 Å². The number of esters is 1. The van der Waals surface area contributed by atoms with Crippen molar-refractivity contribution in [3.8, 4) is 22.6 Å². The smallest absolute Gasteiger partial charge is 0.323 e. The number of rotatable bonds is 6. The van der Waals surface area contributed by atoms with Crippen LogP contribution in [0.25, 0.3) is 22.6 Å². The number of halogens is 1. The zero-order valence-electron chi connectivity index (χ0n) is 16.9. The Balaban J connectivity index is 1.46. The molecule has 0 amide bonds. The number of aryl methyl sites for hydroxylation is 1. The quantitative estimate of drug-likeness (QED) is 0.587. The summed E-state index contributed by atoms with van der Waals surface area (Å²) >= 11 is 0. The number of nitrogens with two attached hydrogens (primary N) is 1. The molecule has 0 saturated heterocycles. The summed E-state index contributed by atoms with van der Waals surface area (Å²) in [6, 6.07) is 7.61. The van der Waals surface area contributed by atoms with Gasteiger partial charge in [0.05, 0.1) is 7.05 Å². The molecule has 160 valence electrons. The number of anilines is 1. The first kappa shape index (κ1) is 20.4. The van der Waals surface area contributed by atoms with Gasteiger partial charge in [-0.2, -0.15) is 4.80 Å². The van der Waals surface area contributed by atoms with E-state index in [0.717, 1.165) is 0 Å². The van der Waals surface area contributed by atoms with Crippen LogP contribution in [0, 0.1) is 5.82 Å². The molecule has 1 aliphatic rings. The molecule has 10 nitrogen and oxygen atoms in total. The maximum atomic E-state index is 14.8. The first-order valence-electron chi connectivity index (χ1n) is 9.43. The maximum Gasteiger partial charge on any atom is 0.323 e.